The van der Waals surface area contributed by atoms with Crippen molar-refractivity contribution in [1.82, 2.24) is 18.5 Å². The number of rotatable bonds is 11. The summed E-state index contributed by atoms with van der Waals surface area (Å²) in [6, 6.07) is 8.52. The predicted molar refractivity (Wildman–Crippen MR) is 121 cm³/mol. The van der Waals surface area contributed by atoms with E-state index in [0.29, 0.717) is 12.4 Å². The summed E-state index contributed by atoms with van der Waals surface area (Å²) in [6.45, 7) is 6.76. The van der Waals surface area contributed by atoms with Gasteiger partial charge in [0.05, 0.1) is 18.3 Å². The molecule has 1 aliphatic rings. The van der Waals surface area contributed by atoms with E-state index in [1.807, 2.05) is 6.07 Å². The molecule has 0 saturated carbocycles. The Hall–Kier alpha value is -1.90. The third-order valence-electron chi connectivity index (χ3n) is 5.21. The molecule has 3 rings (SSSR count). The van der Waals surface area contributed by atoms with Crippen LogP contribution < -0.4 is 15.4 Å². The van der Waals surface area contributed by atoms with Crippen molar-refractivity contribution < 1.29 is 4.74 Å². The van der Waals surface area contributed by atoms with Crippen LogP contribution in [0.25, 0.3) is 0 Å². The lowest BCUT2D eigenvalue weighted by atomic mass is 10.1. The first-order valence-electron chi connectivity index (χ1n) is 10.5. The van der Waals surface area contributed by atoms with Crippen molar-refractivity contribution in [2.75, 3.05) is 64.1 Å². The SMILES string of the molecule is CN(C)CCN(CCCOc1cccc(CN2CCCCC2)c1)c1nsnc1N. The Labute approximate surface area is 178 Å². The molecule has 0 atom stereocenters. The van der Waals surface area contributed by atoms with Crippen molar-refractivity contribution in [2.45, 2.75) is 32.2 Å². The van der Waals surface area contributed by atoms with Crippen molar-refractivity contribution in [1.29, 1.82) is 0 Å². The van der Waals surface area contributed by atoms with Crippen LogP contribution in [0.15, 0.2) is 24.3 Å². The third kappa shape index (κ3) is 7.13. The first kappa shape index (κ1) is 21.8. The molecule has 8 heteroatoms. The number of likely N-dealkylation sites (N-methyl/N-ethyl adjacent to an activating group) is 1. The number of piperidine rings is 1. The highest BCUT2D eigenvalue weighted by atomic mass is 32.1. The topological polar surface area (TPSA) is 70.8 Å². The van der Waals surface area contributed by atoms with Crippen LogP contribution >= 0.6 is 11.7 Å². The maximum Gasteiger partial charge on any atom is 0.186 e. The fraction of sp³-hybridized carbons (Fsp3) is 0.619. The largest absolute Gasteiger partial charge is 0.494 e. The van der Waals surface area contributed by atoms with Crippen LogP contribution in [0.2, 0.25) is 0 Å². The summed E-state index contributed by atoms with van der Waals surface area (Å²) in [6.07, 6.45) is 4.91. The molecule has 0 bridgehead atoms. The van der Waals surface area contributed by atoms with E-state index >= 15 is 0 Å². The van der Waals surface area contributed by atoms with Gasteiger partial charge in [0.25, 0.3) is 0 Å². The summed E-state index contributed by atoms with van der Waals surface area (Å²) in [7, 11) is 4.14. The van der Waals surface area contributed by atoms with Crippen LogP contribution in [0.1, 0.15) is 31.2 Å². The van der Waals surface area contributed by atoms with E-state index in [1.54, 1.807) is 0 Å². The van der Waals surface area contributed by atoms with Crippen molar-refractivity contribution >= 4 is 23.4 Å². The molecular formula is C21H34N6OS. The van der Waals surface area contributed by atoms with Gasteiger partial charge in [0.2, 0.25) is 0 Å². The van der Waals surface area contributed by atoms with Crippen LogP contribution in [-0.2, 0) is 6.54 Å². The van der Waals surface area contributed by atoms with Gasteiger partial charge in [-0.05, 0) is 64.1 Å². The molecular weight excluding hydrogens is 384 g/mol. The number of anilines is 2. The van der Waals surface area contributed by atoms with Crippen LogP contribution in [0.4, 0.5) is 11.6 Å². The van der Waals surface area contributed by atoms with E-state index in [-0.39, 0.29) is 0 Å². The minimum Gasteiger partial charge on any atom is -0.494 e. The first-order valence-corrected chi connectivity index (χ1v) is 11.3. The number of likely N-dealkylation sites (tertiary alicyclic amines) is 1. The molecule has 0 radical (unpaired) electrons. The normalized spacial score (nSPS) is 15.0. The second kappa shape index (κ2) is 11.3. The van der Waals surface area contributed by atoms with E-state index in [4.69, 9.17) is 10.5 Å². The summed E-state index contributed by atoms with van der Waals surface area (Å²) < 4.78 is 14.5. The van der Waals surface area contributed by atoms with Gasteiger partial charge in [-0.3, -0.25) is 4.90 Å². The van der Waals surface area contributed by atoms with Crippen molar-refractivity contribution in [2.24, 2.45) is 0 Å². The van der Waals surface area contributed by atoms with Crippen LogP contribution in [-0.4, -0.2) is 72.0 Å². The maximum atomic E-state index is 6.04. The standard InChI is InChI=1S/C21H34N6OS/c1-25(2)13-14-27(21-20(22)23-29-24-21)12-7-15-28-19-9-6-8-18(16-19)17-26-10-4-3-5-11-26/h6,8-9,16H,3-5,7,10-15,17H2,1-2H3,(H2,22,23). The van der Waals surface area contributed by atoms with Gasteiger partial charge in [0, 0.05) is 26.2 Å². The summed E-state index contributed by atoms with van der Waals surface area (Å²) in [4.78, 5) is 6.90. The molecule has 7 nitrogen and oxygen atoms in total. The average Bonchev–Trinajstić information content (AvgIpc) is 3.14. The summed E-state index contributed by atoms with van der Waals surface area (Å²) in [5, 5.41) is 0. The molecule has 160 valence electrons. The zero-order valence-electron chi connectivity index (χ0n) is 17.7. The highest BCUT2D eigenvalue weighted by Gasteiger charge is 2.14. The van der Waals surface area contributed by atoms with Crippen molar-refractivity contribution in [3.8, 4) is 5.75 Å². The third-order valence-corrected chi connectivity index (χ3v) is 5.74. The number of nitrogens with zero attached hydrogens (tertiary/aromatic N) is 5. The van der Waals surface area contributed by atoms with Crippen LogP contribution in [0.5, 0.6) is 5.75 Å². The van der Waals surface area contributed by atoms with E-state index in [2.05, 4.69) is 55.7 Å². The minimum absolute atomic E-state index is 0.514. The molecule has 1 aromatic carbocycles. The monoisotopic (exact) mass is 418 g/mol. The maximum absolute atomic E-state index is 6.04. The molecule has 2 N–H and O–H groups in total. The molecule has 1 saturated heterocycles. The molecule has 0 amide bonds. The van der Waals surface area contributed by atoms with E-state index in [1.165, 1.54) is 49.6 Å². The molecule has 0 spiro atoms. The Balaban J connectivity index is 1.46. The van der Waals surface area contributed by atoms with Gasteiger partial charge < -0.3 is 20.3 Å². The average molecular weight is 419 g/mol. The van der Waals surface area contributed by atoms with Crippen LogP contribution in [0, 0.1) is 0 Å². The lowest BCUT2D eigenvalue weighted by Crippen LogP contribution is -2.33. The predicted octanol–water partition coefficient (Wildman–Crippen LogP) is 2.94. The first-order chi connectivity index (χ1) is 14.1. The zero-order chi connectivity index (χ0) is 20.5. The van der Waals surface area contributed by atoms with Gasteiger partial charge in [-0.1, -0.05) is 18.6 Å². The number of hydrogen-bond donors (Lipinski definition) is 1. The number of benzene rings is 1. The Morgan fingerprint density at radius 3 is 2.66 bits per heavy atom. The fourth-order valence-electron chi connectivity index (χ4n) is 3.61. The summed E-state index contributed by atoms with van der Waals surface area (Å²) in [5.74, 6) is 2.26. The molecule has 0 unspecified atom stereocenters. The van der Waals surface area contributed by atoms with E-state index in [9.17, 15) is 0 Å². The Morgan fingerprint density at radius 1 is 1.10 bits per heavy atom. The summed E-state index contributed by atoms with van der Waals surface area (Å²) >= 11 is 1.17. The van der Waals surface area contributed by atoms with Gasteiger partial charge in [-0.2, -0.15) is 8.75 Å². The molecule has 0 aliphatic carbocycles. The second-order valence-electron chi connectivity index (χ2n) is 7.95. The molecule has 1 fully saturated rings. The minimum atomic E-state index is 0.514. The Morgan fingerprint density at radius 2 is 1.93 bits per heavy atom. The molecule has 1 aromatic heterocycles. The highest BCUT2D eigenvalue weighted by molar-refractivity contribution is 6.99. The Bertz CT molecular complexity index is 731. The zero-order valence-corrected chi connectivity index (χ0v) is 18.5. The smallest absolute Gasteiger partial charge is 0.186 e. The van der Waals surface area contributed by atoms with Gasteiger partial charge in [0.1, 0.15) is 5.75 Å². The van der Waals surface area contributed by atoms with Gasteiger partial charge >= 0.3 is 0 Å². The molecule has 2 heterocycles. The lowest BCUT2D eigenvalue weighted by Gasteiger charge is -2.26. The molecule has 29 heavy (non-hydrogen) atoms. The number of nitrogen functional groups attached to an aromatic ring is 1. The second-order valence-corrected chi connectivity index (χ2v) is 8.48. The Kier molecular flexibility index (Phi) is 8.52. The number of hydrogen-bond acceptors (Lipinski definition) is 8. The van der Waals surface area contributed by atoms with Gasteiger partial charge in [-0.15, -0.1) is 0 Å². The summed E-state index contributed by atoms with van der Waals surface area (Å²) in [5.41, 5.74) is 7.31. The van der Waals surface area contributed by atoms with Crippen LogP contribution in [0.3, 0.4) is 0 Å². The van der Waals surface area contributed by atoms with Gasteiger partial charge in [-0.25, -0.2) is 0 Å². The fourth-order valence-corrected chi connectivity index (χ4v) is 4.11. The van der Waals surface area contributed by atoms with E-state index in [0.717, 1.165) is 44.2 Å². The molecule has 1 aliphatic heterocycles. The van der Waals surface area contributed by atoms with Gasteiger partial charge in [0.15, 0.2) is 11.6 Å². The lowest BCUT2D eigenvalue weighted by molar-refractivity contribution is 0.220. The highest BCUT2D eigenvalue weighted by Crippen LogP contribution is 2.21. The quantitative estimate of drug-likeness (QED) is 0.563. The molecule has 2 aromatic rings. The van der Waals surface area contributed by atoms with E-state index < -0.39 is 0 Å². The number of aromatic nitrogens is 2. The number of nitrogens with two attached hydrogens (primary N) is 1. The van der Waals surface area contributed by atoms with Crippen molar-refractivity contribution in [3.05, 3.63) is 29.8 Å². The van der Waals surface area contributed by atoms with Crippen molar-refractivity contribution in [3.63, 3.8) is 0 Å². The number of ether oxygens (including phenoxy) is 1.